The number of hydrogen-bond donors (Lipinski definition) is 0. The lowest BCUT2D eigenvalue weighted by Gasteiger charge is -1.93. The van der Waals surface area contributed by atoms with Crippen LogP contribution < -0.4 is 0 Å². The first kappa shape index (κ1) is 9.19. The average molecular weight is 190 g/mol. The van der Waals surface area contributed by atoms with E-state index < -0.39 is 0 Å². The molecule has 1 fully saturated rings. The van der Waals surface area contributed by atoms with Gasteiger partial charge in [0.1, 0.15) is 0 Å². The van der Waals surface area contributed by atoms with Gasteiger partial charge >= 0.3 is 0 Å². The minimum atomic E-state index is 0.258. The van der Waals surface area contributed by atoms with E-state index in [2.05, 4.69) is 5.10 Å². The van der Waals surface area contributed by atoms with Gasteiger partial charge in [-0.05, 0) is 31.9 Å². The summed E-state index contributed by atoms with van der Waals surface area (Å²) >= 11 is 0. The van der Waals surface area contributed by atoms with Crippen molar-refractivity contribution in [3.05, 3.63) is 23.5 Å². The van der Waals surface area contributed by atoms with Gasteiger partial charge in [-0.25, -0.2) is 0 Å². The second kappa shape index (κ2) is 3.40. The fraction of sp³-hybridized carbons (Fsp3) is 0.455. The molecule has 1 aromatic heterocycles. The molecular formula is C11H14N2O. The minimum absolute atomic E-state index is 0.258. The van der Waals surface area contributed by atoms with Crippen LogP contribution in [0.2, 0.25) is 0 Å². The minimum Gasteiger partial charge on any atom is -0.295 e. The fourth-order valence-electron chi connectivity index (χ4n) is 1.36. The van der Waals surface area contributed by atoms with Crippen LogP contribution in [0.25, 0.3) is 6.08 Å². The Morgan fingerprint density at radius 1 is 1.64 bits per heavy atom. The van der Waals surface area contributed by atoms with Gasteiger partial charge in [0.2, 0.25) is 0 Å². The summed E-state index contributed by atoms with van der Waals surface area (Å²) in [6.45, 7) is 1.99. The highest BCUT2D eigenvalue weighted by Gasteiger charge is 2.27. The summed E-state index contributed by atoms with van der Waals surface area (Å²) in [6, 6.07) is 0. The van der Waals surface area contributed by atoms with E-state index in [4.69, 9.17) is 0 Å². The zero-order chi connectivity index (χ0) is 10.1. The first-order chi connectivity index (χ1) is 6.68. The summed E-state index contributed by atoms with van der Waals surface area (Å²) in [5, 5.41) is 4.11. The van der Waals surface area contributed by atoms with Crippen molar-refractivity contribution in [1.82, 2.24) is 9.78 Å². The number of ketones is 1. The van der Waals surface area contributed by atoms with E-state index in [1.165, 1.54) is 0 Å². The lowest BCUT2D eigenvalue weighted by molar-refractivity contribution is -0.115. The standard InChI is InChI=1S/C11H14N2O/c1-8-10(7-12-13(8)2)5-6-11(14)9-3-4-9/h5-7,9H,3-4H2,1-2H3/b6-5-. The van der Waals surface area contributed by atoms with Crippen molar-refractivity contribution in [3.8, 4) is 0 Å². The third-order valence-corrected chi connectivity index (χ3v) is 2.68. The van der Waals surface area contributed by atoms with E-state index in [1.54, 1.807) is 17.0 Å². The highest BCUT2D eigenvalue weighted by Crippen LogP contribution is 2.30. The highest BCUT2D eigenvalue weighted by molar-refractivity contribution is 5.96. The molecule has 0 saturated heterocycles. The molecule has 1 aromatic rings. The molecule has 14 heavy (non-hydrogen) atoms. The lowest BCUT2D eigenvalue weighted by Crippen LogP contribution is -1.94. The fourth-order valence-corrected chi connectivity index (χ4v) is 1.36. The quantitative estimate of drug-likeness (QED) is 0.680. The number of carbonyl (C=O) groups is 1. The molecule has 3 nitrogen and oxygen atoms in total. The molecule has 74 valence electrons. The van der Waals surface area contributed by atoms with E-state index >= 15 is 0 Å². The van der Waals surface area contributed by atoms with Crippen molar-refractivity contribution in [2.45, 2.75) is 19.8 Å². The third kappa shape index (κ3) is 1.76. The second-order valence-corrected chi connectivity index (χ2v) is 3.82. The molecule has 0 amide bonds. The molecule has 1 aliphatic carbocycles. The summed E-state index contributed by atoms with van der Waals surface area (Å²) in [5.41, 5.74) is 2.12. The molecule has 2 rings (SSSR count). The van der Waals surface area contributed by atoms with Gasteiger partial charge in [-0.1, -0.05) is 0 Å². The smallest absolute Gasteiger partial charge is 0.158 e. The predicted octanol–water partition coefficient (Wildman–Crippen LogP) is 1.72. The zero-order valence-electron chi connectivity index (χ0n) is 8.53. The van der Waals surface area contributed by atoms with Gasteiger partial charge in [0, 0.05) is 24.2 Å². The molecule has 1 heterocycles. The van der Waals surface area contributed by atoms with E-state index in [1.807, 2.05) is 20.0 Å². The lowest BCUT2D eigenvalue weighted by atomic mass is 10.2. The molecule has 0 bridgehead atoms. The first-order valence-corrected chi connectivity index (χ1v) is 4.89. The van der Waals surface area contributed by atoms with E-state index in [9.17, 15) is 4.79 Å². The van der Waals surface area contributed by atoms with Crippen LogP contribution in [0.5, 0.6) is 0 Å². The van der Waals surface area contributed by atoms with Crippen LogP contribution in [0.1, 0.15) is 24.1 Å². The normalized spacial score (nSPS) is 16.4. The van der Waals surface area contributed by atoms with Crippen molar-refractivity contribution in [2.24, 2.45) is 13.0 Å². The van der Waals surface area contributed by atoms with Gasteiger partial charge in [-0.2, -0.15) is 5.10 Å². The molecule has 0 unspecified atom stereocenters. The van der Waals surface area contributed by atoms with Crippen LogP contribution in [-0.2, 0) is 11.8 Å². The number of allylic oxidation sites excluding steroid dienone is 1. The van der Waals surface area contributed by atoms with E-state index in [0.29, 0.717) is 5.92 Å². The monoisotopic (exact) mass is 190 g/mol. The molecule has 0 radical (unpaired) electrons. The molecular weight excluding hydrogens is 176 g/mol. The molecule has 0 spiro atoms. The Labute approximate surface area is 83.4 Å². The maximum atomic E-state index is 11.4. The Morgan fingerprint density at radius 2 is 2.36 bits per heavy atom. The Kier molecular flexibility index (Phi) is 2.23. The van der Waals surface area contributed by atoms with E-state index in [0.717, 1.165) is 24.1 Å². The van der Waals surface area contributed by atoms with E-state index in [-0.39, 0.29) is 5.78 Å². The topological polar surface area (TPSA) is 34.9 Å². The van der Waals surface area contributed by atoms with Crippen molar-refractivity contribution < 1.29 is 4.79 Å². The predicted molar refractivity (Wildman–Crippen MR) is 54.7 cm³/mol. The Hall–Kier alpha value is -1.38. The largest absolute Gasteiger partial charge is 0.295 e. The van der Waals surface area contributed by atoms with Gasteiger partial charge in [0.05, 0.1) is 6.20 Å². The Bertz CT molecular complexity index is 386. The average Bonchev–Trinajstić information content (AvgIpc) is 2.95. The maximum absolute atomic E-state index is 11.4. The Morgan fingerprint density at radius 3 is 2.86 bits per heavy atom. The van der Waals surface area contributed by atoms with Crippen molar-refractivity contribution in [2.75, 3.05) is 0 Å². The SMILES string of the molecule is Cc1c(/C=C\C(=O)C2CC2)cnn1C. The number of hydrogen-bond acceptors (Lipinski definition) is 2. The van der Waals surface area contributed by atoms with Crippen LogP contribution >= 0.6 is 0 Å². The molecule has 0 aliphatic heterocycles. The van der Waals surface area contributed by atoms with Crippen LogP contribution in [0.15, 0.2) is 12.3 Å². The molecule has 1 saturated carbocycles. The van der Waals surface area contributed by atoms with Crippen LogP contribution in [0.4, 0.5) is 0 Å². The summed E-state index contributed by atoms with van der Waals surface area (Å²) in [6.07, 6.45) is 7.46. The highest BCUT2D eigenvalue weighted by atomic mass is 16.1. The van der Waals surface area contributed by atoms with Crippen molar-refractivity contribution in [3.63, 3.8) is 0 Å². The number of rotatable bonds is 3. The number of carbonyl (C=O) groups excluding carboxylic acids is 1. The summed E-state index contributed by atoms with van der Waals surface area (Å²) in [4.78, 5) is 11.4. The van der Waals surface area contributed by atoms with Crippen LogP contribution in [-0.4, -0.2) is 15.6 Å². The Balaban J connectivity index is 2.09. The summed E-state index contributed by atoms with van der Waals surface area (Å²) in [7, 11) is 1.90. The zero-order valence-corrected chi connectivity index (χ0v) is 8.53. The van der Waals surface area contributed by atoms with Gasteiger partial charge < -0.3 is 0 Å². The summed E-state index contributed by atoms with van der Waals surface area (Å²) < 4.78 is 1.81. The molecule has 0 atom stereocenters. The van der Waals surface area contributed by atoms with Crippen molar-refractivity contribution >= 4 is 11.9 Å². The van der Waals surface area contributed by atoms with Gasteiger partial charge in [0.15, 0.2) is 5.78 Å². The summed E-state index contributed by atoms with van der Waals surface area (Å²) in [5.74, 6) is 0.566. The molecule has 0 N–H and O–H groups in total. The first-order valence-electron chi connectivity index (χ1n) is 4.89. The van der Waals surface area contributed by atoms with Gasteiger partial charge in [-0.3, -0.25) is 9.48 Å². The van der Waals surface area contributed by atoms with Gasteiger partial charge in [0.25, 0.3) is 0 Å². The number of aryl methyl sites for hydroxylation is 1. The van der Waals surface area contributed by atoms with Gasteiger partial charge in [-0.15, -0.1) is 0 Å². The van der Waals surface area contributed by atoms with Crippen LogP contribution in [0, 0.1) is 12.8 Å². The maximum Gasteiger partial charge on any atom is 0.158 e. The number of nitrogens with zero attached hydrogens (tertiary/aromatic N) is 2. The molecule has 0 aromatic carbocycles. The third-order valence-electron chi connectivity index (χ3n) is 2.68. The second-order valence-electron chi connectivity index (χ2n) is 3.82. The van der Waals surface area contributed by atoms with Crippen LogP contribution in [0.3, 0.4) is 0 Å². The molecule has 3 heteroatoms. The van der Waals surface area contributed by atoms with Crippen molar-refractivity contribution in [1.29, 1.82) is 0 Å². The number of aromatic nitrogens is 2. The molecule has 1 aliphatic rings.